The summed E-state index contributed by atoms with van der Waals surface area (Å²) in [4.78, 5) is 0. The second-order valence-electron chi connectivity index (χ2n) is 3.37. The molecule has 0 aliphatic heterocycles. The van der Waals surface area contributed by atoms with Crippen LogP contribution in [0.15, 0.2) is 0 Å². The van der Waals surface area contributed by atoms with E-state index in [1.165, 1.54) is 12.8 Å². The minimum Gasteiger partial charge on any atom is -0.396 e. The highest BCUT2D eigenvalue weighted by Crippen LogP contribution is 2.08. The lowest BCUT2D eigenvalue weighted by atomic mass is 10.1. The van der Waals surface area contributed by atoms with E-state index in [-0.39, 0.29) is 12.7 Å². The Morgan fingerprint density at radius 1 is 1.00 bits per heavy atom. The van der Waals surface area contributed by atoms with Gasteiger partial charge in [-0.1, -0.05) is 26.2 Å². The molecule has 12 heavy (non-hydrogen) atoms. The summed E-state index contributed by atoms with van der Waals surface area (Å²) < 4.78 is 0. The van der Waals surface area contributed by atoms with E-state index in [0.29, 0.717) is 0 Å². The second-order valence-corrected chi connectivity index (χ2v) is 3.37. The Morgan fingerprint density at radius 3 is 2.08 bits per heavy atom. The van der Waals surface area contributed by atoms with Crippen molar-refractivity contribution in [3.63, 3.8) is 0 Å². The summed E-state index contributed by atoms with van der Waals surface area (Å²) in [5.74, 6) is 0. The van der Waals surface area contributed by atoms with Crippen LogP contribution in [0, 0.1) is 0 Å². The molecule has 0 amide bonds. The van der Waals surface area contributed by atoms with Crippen LogP contribution in [-0.2, 0) is 0 Å². The van der Waals surface area contributed by atoms with E-state index < -0.39 is 0 Å². The number of aliphatic hydroxyl groups excluding tert-OH is 2. The maximum Gasteiger partial charge on any atom is 0.0540 e. The molecule has 0 aliphatic rings. The van der Waals surface area contributed by atoms with Crippen molar-refractivity contribution in [1.29, 1.82) is 0 Å². The molecule has 2 heteroatoms. The summed E-state index contributed by atoms with van der Waals surface area (Å²) in [5, 5.41) is 17.9. The molecule has 0 aliphatic carbocycles. The molecule has 0 bridgehead atoms. The van der Waals surface area contributed by atoms with Crippen LogP contribution in [0.25, 0.3) is 0 Å². The highest BCUT2D eigenvalue weighted by Gasteiger charge is 2.02. The van der Waals surface area contributed by atoms with Crippen LogP contribution >= 0.6 is 0 Å². The third kappa shape index (κ3) is 8.02. The van der Waals surface area contributed by atoms with Crippen LogP contribution in [0.1, 0.15) is 51.9 Å². The number of unbranched alkanes of at least 4 members (excludes halogenated alkanes) is 3. The third-order valence-corrected chi connectivity index (χ3v) is 2.09. The predicted molar refractivity (Wildman–Crippen MR) is 51.1 cm³/mol. The molecular formula is C10H22O2. The minimum absolute atomic E-state index is 0.136. The van der Waals surface area contributed by atoms with E-state index in [9.17, 15) is 5.11 Å². The van der Waals surface area contributed by atoms with Gasteiger partial charge in [0.1, 0.15) is 0 Å². The Kier molecular flexibility index (Phi) is 8.95. The van der Waals surface area contributed by atoms with E-state index >= 15 is 0 Å². The molecule has 0 unspecified atom stereocenters. The Hall–Kier alpha value is -0.0800. The molecule has 1 atom stereocenters. The van der Waals surface area contributed by atoms with Gasteiger partial charge in [0.2, 0.25) is 0 Å². The van der Waals surface area contributed by atoms with Gasteiger partial charge in [-0.05, 0) is 25.7 Å². The van der Waals surface area contributed by atoms with Crippen LogP contribution < -0.4 is 0 Å². The fraction of sp³-hybridized carbons (Fsp3) is 1.00. The average Bonchev–Trinajstić information content (AvgIpc) is 2.06. The van der Waals surface area contributed by atoms with Crippen molar-refractivity contribution in [3.05, 3.63) is 0 Å². The topological polar surface area (TPSA) is 40.5 Å². The lowest BCUT2D eigenvalue weighted by molar-refractivity contribution is 0.144. The van der Waals surface area contributed by atoms with Gasteiger partial charge >= 0.3 is 0 Å². The highest BCUT2D eigenvalue weighted by atomic mass is 16.3. The van der Waals surface area contributed by atoms with Gasteiger partial charge in [-0.3, -0.25) is 0 Å². The first kappa shape index (κ1) is 11.9. The lowest BCUT2D eigenvalue weighted by Gasteiger charge is -2.08. The smallest absolute Gasteiger partial charge is 0.0540 e. The Balaban J connectivity index is 3.04. The van der Waals surface area contributed by atoms with Crippen molar-refractivity contribution in [2.24, 2.45) is 0 Å². The fourth-order valence-electron chi connectivity index (χ4n) is 1.27. The molecule has 0 saturated heterocycles. The molecule has 0 heterocycles. The average molecular weight is 174 g/mol. The van der Waals surface area contributed by atoms with E-state index in [1.807, 2.05) is 0 Å². The largest absolute Gasteiger partial charge is 0.396 e. The first-order valence-electron chi connectivity index (χ1n) is 5.10. The molecule has 0 fully saturated rings. The Bertz CT molecular complexity index is 73.9. The maximum absolute atomic E-state index is 9.42. The first-order chi connectivity index (χ1) is 5.81. The van der Waals surface area contributed by atoms with Crippen LogP contribution in [0.5, 0.6) is 0 Å². The van der Waals surface area contributed by atoms with E-state index in [0.717, 1.165) is 32.1 Å². The summed E-state index contributed by atoms with van der Waals surface area (Å²) in [5.41, 5.74) is 0. The molecular weight excluding hydrogens is 152 g/mol. The number of aliphatic hydroxyl groups is 2. The van der Waals surface area contributed by atoms with Gasteiger partial charge in [-0.15, -0.1) is 0 Å². The van der Waals surface area contributed by atoms with Gasteiger partial charge in [0, 0.05) is 6.61 Å². The zero-order chi connectivity index (χ0) is 9.23. The molecule has 0 spiro atoms. The summed E-state index contributed by atoms with van der Waals surface area (Å²) in [6.07, 6.45) is 6.98. The van der Waals surface area contributed by atoms with Gasteiger partial charge < -0.3 is 10.2 Å². The number of hydrogen-bond acceptors (Lipinski definition) is 2. The first-order valence-corrected chi connectivity index (χ1v) is 5.10. The van der Waals surface area contributed by atoms with Crippen LogP contribution in [0.3, 0.4) is 0 Å². The quantitative estimate of drug-likeness (QED) is 0.553. The standard InChI is InChI=1S/C10H22O2/c1-2-3-4-7-10(12)8-5-6-9-11/h10-12H,2-9H2,1H3/t10-/m0/s1. The molecule has 2 N–H and O–H groups in total. The van der Waals surface area contributed by atoms with E-state index in [4.69, 9.17) is 5.11 Å². The number of hydrogen-bond donors (Lipinski definition) is 2. The lowest BCUT2D eigenvalue weighted by Crippen LogP contribution is -2.06. The molecule has 0 aromatic heterocycles. The van der Waals surface area contributed by atoms with Gasteiger partial charge in [0.25, 0.3) is 0 Å². The Morgan fingerprint density at radius 2 is 1.58 bits per heavy atom. The molecule has 0 saturated carbocycles. The zero-order valence-corrected chi connectivity index (χ0v) is 8.13. The molecule has 74 valence electrons. The summed E-state index contributed by atoms with van der Waals surface area (Å²) in [6, 6.07) is 0. The minimum atomic E-state index is -0.136. The van der Waals surface area contributed by atoms with Crippen LogP contribution in [0.2, 0.25) is 0 Å². The summed E-state index contributed by atoms with van der Waals surface area (Å²) in [7, 11) is 0. The van der Waals surface area contributed by atoms with Crippen LogP contribution in [-0.4, -0.2) is 22.9 Å². The molecule has 0 rings (SSSR count). The zero-order valence-electron chi connectivity index (χ0n) is 8.13. The third-order valence-electron chi connectivity index (χ3n) is 2.09. The summed E-state index contributed by atoms with van der Waals surface area (Å²) >= 11 is 0. The van der Waals surface area contributed by atoms with Crippen molar-refractivity contribution in [1.82, 2.24) is 0 Å². The SMILES string of the molecule is CCCCC[C@H](O)CCCCO. The van der Waals surface area contributed by atoms with E-state index in [2.05, 4.69) is 6.92 Å². The molecule has 2 nitrogen and oxygen atoms in total. The van der Waals surface area contributed by atoms with Crippen molar-refractivity contribution < 1.29 is 10.2 Å². The normalized spacial score (nSPS) is 13.2. The van der Waals surface area contributed by atoms with Crippen molar-refractivity contribution in [2.45, 2.75) is 58.0 Å². The maximum atomic E-state index is 9.42. The summed E-state index contributed by atoms with van der Waals surface area (Å²) in [6.45, 7) is 2.42. The highest BCUT2D eigenvalue weighted by molar-refractivity contribution is 4.55. The second kappa shape index (κ2) is 9.01. The number of rotatable bonds is 8. The van der Waals surface area contributed by atoms with Gasteiger partial charge in [-0.25, -0.2) is 0 Å². The predicted octanol–water partition coefficient (Wildman–Crippen LogP) is 2.09. The van der Waals surface area contributed by atoms with Gasteiger partial charge in [0.15, 0.2) is 0 Å². The fourth-order valence-corrected chi connectivity index (χ4v) is 1.27. The van der Waals surface area contributed by atoms with Gasteiger partial charge in [-0.2, -0.15) is 0 Å². The molecule has 0 aromatic rings. The van der Waals surface area contributed by atoms with Crippen molar-refractivity contribution in [3.8, 4) is 0 Å². The van der Waals surface area contributed by atoms with E-state index in [1.54, 1.807) is 0 Å². The monoisotopic (exact) mass is 174 g/mol. The molecule has 0 aromatic carbocycles. The Labute approximate surface area is 75.6 Å². The van der Waals surface area contributed by atoms with Crippen LogP contribution in [0.4, 0.5) is 0 Å². The van der Waals surface area contributed by atoms with Crippen molar-refractivity contribution in [2.75, 3.05) is 6.61 Å². The van der Waals surface area contributed by atoms with Crippen molar-refractivity contribution >= 4 is 0 Å². The van der Waals surface area contributed by atoms with Gasteiger partial charge in [0.05, 0.1) is 6.10 Å². The molecule has 0 radical (unpaired) electrons.